The summed E-state index contributed by atoms with van der Waals surface area (Å²) < 4.78 is 31.9. The van der Waals surface area contributed by atoms with Crippen LogP contribution in [0.3, 0.4) is 0 Å². The van der Waals surface area contributed by atoms with Crippen LogP contribution in [-0.2, 0) is 14.8 Å². The molecule has 0 aliphatic heterocycles. The molecule has 0 bridgehead atoms. The van der Waals surface area contributed by atoms with Gasteiger partial charge in [0.2, 0.25) is 10.0 Å². The summed E-state index contributed by atoms with van der Waals surface area (Å²) in [6, 6.07) is 3.69. The molecule has 0 amide bonds. The summed E-state index contributed by atoms with van der Waals surface area (Å²) in [7, 11) is -3.46. The van der Waals surface area contributed by atoms with E-state index in [-0.39, 0.29) is 12.4 Å². The van der Waals surface area contributed by atoms with Crippen molar-refractivity contribution in [3.8, 4) is 5.75 Å². The minimum atomic E-state index is -3.46. The highest BCUT2D eigenvalue weighted by Crippen LogP contribution is 2.25. The zero-order valence-corrected chi connectivity index (χ0v) is 12.6. The monoisotopic (exact) mass is 307 g/mol. The van der Waals surface area contributed by atoms with Crippen molar-refractivity contribution in [2.45, 2.75) is 13.8 Å². The van der Waals surface area contributed by atoms with Crippen LogP contribution in [0.25, 0.3) is 0 Å². The Labute approximate surface area is 118 Å². The van der Waals surface area contributed by atoms with Crippen LogP contribution in [-0.4, -0.2) is 34.0 Å². The first-order valence-corrected chi connectivity index (χ1v) is 7.86. The summed E-state index contributed by atoms with van der Waals surface area (Å²) >= 11 is 6.05. The molecule has 0 saturated heterocycles. The smallest absolute Gasteiger partial charge is 0.211 e. The molecule has 0 fully saturated rings. The van der Waals surface area contributed by atoms with E-state index in [4.69, 9.17) is 26.2 Å². The number of benzene rings is 1. The van der Waals surface area contributed by atoms with Crippen molar-refractivity contribution in [1.82, 2.24) is 0 Å². The van der Waals surface area contributed by atoms with Gasteiger partial charge in [-0.3, -0.25) is 0 Å². The molecule has 19 heavy (non-hydrogen) atoms. The van der Waals surface area contributed by atoms with Crippen molar-refractivity contribution >= 4 is 21.6 Å². The summed E-state index contributed by atoms with van der Waals surface area (Å²) in [5, 5.41) is 5.57. The van der Waals surface area contributed by atoms with Crippen molar-refractivity contribution in [2.75, 3.05) is 25.6 Å². The van der Waals surface area contributed by atoms with Gasteiger partial charge in [-0.05, 0) is 37.1 Å². The molecule has 1 aromatic carbocycles. The van der Waals surface area contributed by atoms with Gasteiger partial charge in [-0.25, -0.2) is 13.6 Å². The predicted octanol–water partition coefficient (Wildman–Crippen LogP) is 1.64. The molecule has 1 rings (SSSR count). The quantitative estimate of drug-likeness (QED) is 0.777. The van der Waals surface area contributed by atoms with Crippen LogP contribution < -0.4 is 9.88 Å². The van der Waals surface area contributed by atoms with E-state index in [1.807, 2.05) is 26.0 Å². The zero-order chi connectivity index (χ0) is 14.5. The minimum Gasteiger partial charge on any atom is -0.491 e. The molecule has 5 nitrogen and oxygen atoms in total. The Bertz CT molecular complexity index is 508. The lowest BCUT2D eigenvalue weighted by atomic mass is 10.1. The first kappa shape index (κ1) is 16.2. The van der Waals surface area contributed by atoms with E-state index in [2.05, 4.69) is 0 Å². The Kier molecular flexibility index (Phi) is 6.06. The lowest BCUT2D eigenvalue weighted by Crippen LogP contribution is -2.21. The molecule has 7 heteroatoms. The third-order valence-corrected chi connectivity index (χ3v) is 3.75. The number of ether oxygens (including phenoxy) is 2. The van der Waals surface area contributed by atoms with Gasteiger partial charge in [0, 0.05) is 5.02 Å². The molecule has 0 saturated carbocycles. The number of primary sulfonamides is 1. The fourth-order valence-corrected chi connectivity index (χ4v) is 1.94. The normalized spacial score (nSPS) is 11.6. The van der Waals surface area contributed by atoms with E-state index in [1.54, 1.807) is 0 Å². The van der Waals surface area contributed by atoms with Crippen molar-refractivity contribution in [1.29, 1.82) is 0 Å². The Hall–Kier alpha value is -0.820. The van der Waals surface area contributed by atoms with Gasteiger partial charge in [-0.1, -0.05) is 11.6 Å². The van der Waals surface area contributed by atoms with Gasteiger partial charge in [0.1, 0.15) is 12.4 Å². The number of hydrogen-bond donors (Lipinski definition) is 1. The molecular formula is C12H18ClNO4S. The number of halogens is 1. The Morgan fingerprint density at radius 2 is 1.74 bits per heavy atom. The van der Waals surface area contributed by atoms with E-state index >= 15 is 0 Å². The average molecular weight is 308 g/mol. The molecule has 0 unspecified atom stereocenters. The summed E-state index contributed by atoms with van der Waals surface area (Å²) in [6.45, 7) is 4.53. The lowest BCUT2D eigenvalue weighted by molar-refractivity contribution is 0.111. The SMILES string of the molecule is Cc1cc(OCCOCCS(N)(=O)=O)cc(C)c1Cl. The Balaban J connectivity index is 2.30. The van der Waals surface area contributed by atoms with Crippen LogP contribution >= 0.6 is 11.6 Å². The Morgan fingerprint density at radius 1 is 1.16 bits per heavy atom. The van der Waals surface area contributed by atoms with Crippen LogP contribution in [0.4, 0.5) is 0 Å². The molecule has 0 aromatic heterocycles. The lowest BCUT2D eigenvalue weighted by Gasteiger charge is -2.10. The van der Waals surface area contributed by atoms with E-state index in [9.17, 15) is 8.42 Å². The molecule has 0 atom stereocenters. The number of sulfonamides is 1. The predicted molar refractivity (Wildman–Crippen MR) is 75.2 cm³/mol. The topological polar surface area (TPSA) is 78.6 Å². The van der Waals surface area contributed by atoms with Gasteiger partial charge in [0.15, 0.2) is 0 Å². The highest BCUT2D eigenvalue weighted by atomic mass is 35.5. The van der Waals surface area contributed by atoms with Crippen molar-refractivity contribution in [3.63, 3.8) is 0 Å². The van der Waals surface area contributed by atoms with E-state index in [1.165, 1.54) is 0 Å². The van der Waals surface area contributed by atoms with Crippen LogP contribution in [0.1, 0.15) is 11.1 Å². The first-order valence-electron chi connectivity index (χ1n) is 5.77. The molecular weight excluding hydrogens is 290 g/mol. The maximum Gasteiger partial charge on any atom is 0.211 e. The summed E-state index contributed by atoms with van der Waals surface area (Å²) in [5.74, 6) is 0.529. The summed E-state index contributed by atoms with van der Waals surface area (Å²) in [5.41, 5.74) is 1.90. The maximum atomic E-state index is 10.6. The fraction of sp³-hybridized carbons (Fsp3) is 0.500. The van der Waals surface area contributed by atoms with Gasteiger partial charge < -0.3 is 9.47 Å². The second-order valence-corrected chi connectivity index (χ2v) is 6.31. The molecule has 0 aliphatic carbocycles. The van der Waals surface area contributed by atoms with Crippen LogP contribution in [0.2, 0.25) is 5.02 Å². The molecule has 0 radical (unpaired) electrons. The maximum absolute atomic E-state index is 10.6. The minimum absolute atomic E-state index is 0.0703. The van der Waals surface area contributed by atoms with E-state index in [0.29, 0.717) is 13.2 Å². The van der Waals surface area contributed by atoms with Crippen LogP contribution in [0.5, 0.6) is 5.75 Å². The zero-order valence-electron chi connectivity index (χ0n) is 11.0. The molecule has 108 valence electrons. The van der Waals surface area contributed by atoms with Crippen molar-refractivity contribution in [2.24, 2.45) is 5.14 Å². The third kappa shape index (κ3) is 6.24. The van der Waals surface area contributed by atoms with Crippen molar-refractivity contribution in [3.05, 3.63) is 28.3 Å². The molecule has 0 heterocycles. The highest BCUT2D eigenvalue weighted by Gasteiger charge is 2.04. The largest absolute Gasteiger partial charge is 0.491 e. The number of hydrogen-bond acceptors (Lipinski definition) is 4. The second-order valence-electron chi connectivity index (χ2n) is 4.20. The summed E-state index contributed by atoms with van der Waals surface area (Å²) in [4.78, 5) is 0. The first-order chi connectivity index (χ1) is 8.79. The average Bonchev–Trinajstić information content (AvgIpc) is 2.29. The number of rotatable bonds is 7. The van der Waals surface area contributed by atoms with Gasteiger partial charge in [0.05, 0.1) is 19.0 Å². The molecule has 0 aliphatic rings. The second kappa shape index (κ2) is 7.09. The van der Waals surface area contributed by atoms with E-state index in [0.717, 1.165) is 21.9 Å². The molecule has 1 aromatic rings. The van der Waals surface area contributed by atoms with Crippen LogP contribution in [0.15, 0.2) is 12.1 Å². The van der Waals surface area contributed by atoms with Crippen LogP contribution in [0, 0.1) is 13.8 Å². The van der Waals surface area contributed by atoms with E-state index < -0.39 is 10.0 Å². The van der Waals surface area contributed by atoms with Crippen molar-refractivity contribution < 1.29 is 17.9 Å². The number of aryl methyl sites for hydroxylation is 2. The molecule has 2 N–H and O–H groups in total. The molecule has 0 spiro atoms. The fourth-order valence-electron chi connectivity index (χ4n) is 1.49. The number of nitrogens with two attached hydrogens (primary N) is 1. The third-order valence-electron chi connectivity index (χ3n) is 2.42. The Morgan fingerprint density at radius 3 is 2.26 bits per heavy atom. The van der Waals surface area contributed by atoms with Gasteiger partial charge in [-0.2, -0.15) is 0 Å². The summed E-state index contributed by atoms with van der Waals surface area (Å²) in [6.07, 6.45) is 0. The van der Waals surface area contributed by atoms with Gasteiger partial charge >= 0.3 is 0 Å². The van der Waals surface area contributed by atoms with Gasteiger partial charge in [-0.15, -0.1) is 0 Å². The standard InChI is InChI=1S/C12H18ClNO4S/c1-9-7-11(8-10(2)12(9)13)18-4-3-17-5-6-19(14,15)16/h7-8H,3-6H2,1-2H3,(H2,14,15,16). The van der Waals surface area contributed by atoms with Gasteiger partial charge in [0.25, 0.3) is 0 Å². The highest BCUT2D eigenvalue weighted by molar-refractivity contribution is 7.89.